The van der Waals surface area contributed by atoms with Gasteiger partial charge in [0.2, 0.25) is 6.29 Å². The Bertz CT molecular complexity index is 1070. The molecule has 0 saturated carbocycles. The molecule has 0 radical (unpaired) electrons. The van der Waals surface area contributed by atoms with Gasteiger partial charge >= 0.3 is 17.9 Å². The zero-order valence-electron chi connectivity index (χ0n) is 23.2. The van der Waals surface area contributed by atoms with Crippen LogP contribution >= 0.6 is 0 Å². The summed E-state index contributed by atoms with van der Waals surface area (Å²) >= 11 is 0. The van der Waals surface area contributed by atoms with Crippen LogP contribution in [-0.2, 0) is 37.8 Å². The van der Waals surface area contributed by atoms with Gasteiger partial charge in [0.1, 0.15) is 6.61 Å². The van der Waals surface area contributed by atoms with Gasteiger partial charge in [-0.15, -0.1) is 0 Å². The molecular weight excluding hydrogens is 504 g/mol. The SMILES string of the molecule is CC(=O)OCC1(C)C(CO[Si](c2ccccc2)(c2ccccc2)C(C)(C)C)OC(OC(C)=O)C1OC(C)=O. The predicted molar refractivity (Wildman–Crippen MR) is 144 cm³/mol. The minimum Gasteiger partial charge on any atom is -0.465 e. The summed E-state index contributed by atoms with van der Waals surface area (Å²) in [4.78, 5) is 35.7. The molecule has 2 aromatic carbocycles. The van der Waals surface area contributed by atoms with Crippen molar-refractivity contribution >= 4 is 36.6 Å². The quantitative estimate of drug-likeness (QED) is 0.270. The van der Waals surface area contributed by atoms with Crippen molar-refractivity contribution in [2.24, 2.45) is 5.41 Å². The second-order valence-electron chi connectivity index (χ2n) is 10.9. The number of rotatable bonds is 9. The normalized spacial score (nSPS) is 23.5. The van der Waals surface area contributed by atoms with Crippen molar-refractivity contribution in [3.05, 3.63) is 60.7 Å². The maximum atomic E-state index is 12.0. The Kier molecular flexibility index (Phi) is 9.17. The molecule has 0 aliphatic carbocycles. The Morgan fingerprint density at radius 1 is 0.842 bits per heavy atom. The molecule has 2 aromatic rings. The van der Waals surface area contributed by atoms with Crippen LogP contribution in [0.4, 0.5) is 0 Å². The number of ether oxygens (including phenoxy) is 4. The Hall–Kier alpha value is -3.01. The highest BCUT2D eigenvalue weighted by molar-refractivity contribution is 6.99. The van der Waals surface area contributed by atoms with Crippen molar-refractivity contribution < 1.29 is 37.8 Å². The van der Waals surface area contributed by atoms with Gasteiger partial charge in [0.05, 0.1) is 18.1 Å². The van der Waals surface area contributed by atoms with Crippen LogP contribution in [0.3, 0.4) is 0 Å². The first kappa shape index (κ1) is 29.5. The van der Waals surface area contributed by atoms with Gasteiger partial charge in [-0.3, -0.25) is 14.4 Å². The molecule has 38 heavy (non-hydrogen) atoms. The van der Waals surface area contributed by atoms with Crippen LogP contribution in [0.1, 0.15) is 48.5 Å². The van der Waals surface area contributed by atoms with Gasteiger partial charge in [-0.1, -0.05) is 81.4 Å². The largest absolute Gasteiger partial charge is 0.465 e. The maximum Gasteiger partial charge on any atom is 0.305 e. The Morgan fingerprint density at radius 2 is 1.34 bits per heavy atom. The lowest BCUT2D eigenvalue weighted by molar-refractivity contribution is -0.196. The molecule has 206 valence electrons. The van der Waals surface area contributed by atoms with Crippen molar-refractivity contribution in [3.63, 3.8) is 0 Å². The monoisotopic (exact) mass is 542 g/mol. The molecule has 0 N–H and O–H groups in total. The molecule has 3 rings (SSSR count). The van der Waals surface area contributed by atoms with Crippen LogP contribution < -0.4 is 10.4 Å². The van der Waals surface area contributed by atoms with E-state index in [1.54, 1.807) is 6.92 Å². The molecule has 1 aliphatic heterocycles. The van der Waals surface area contributed by atoms with E-state index >= 15 is 0 Å². The summed E-state index contributed by atoms with van der Waals surface area (Å²) in [6, 6.07) is 20.3. The molecule has 9 heteroatoms. The fourth-order valence-corrected chi connectivity index (χ4v) is 9.69. The van der Waals surface area contributed by atoms with E-state index in [4.69, 9.17) is 23.4 Å². The Morgan fingerprint density at radius 3 is 1.76 bits per heavy atom. The van der Waals surface area contributed by atoms with Gasteiger partial charge in [-0.2, -0.15) is 0 Å². The Labute approximate surface area is 225 Å². The van der Waals surface area contributed by atoms with Crippen LogP contribution in [-0.4, -0.2) is 57.9 Å². The minimum atomic E-state index is -2.94. The summed E-state index contributed by atoms with van der Waals surface area (Å²) in [6.07, 6.45) is -2.90. The zero-order chi connectivity index (χ0) is 28.1. The van der Waals surface area contributed by atoms with E-state index in [2.05, 4.69) is 45.0 Å². The highest BCUT2D eigenvalue weighted by atomic mass is 28.4. The standard InChI is InChI=1S/C29H38O8Si/c1-20(30)33-19-29(7)25(37-27(36-22(3)32)26(29)35-21(2)31)18-34-38(28(4,5)6,23-14-10-8-11-15-23)24-16-12-9-13-17-24/h8-17,25-27H,18-19H2,1-7H3. The first-order valence-corrected chi connectivity index (χ1v) is 14.6. The summed E-state index contributed by atoms with van der Waals surface area (Å²) in [7, 11) is -2.94. The van der Waals surface area contributed by atoms with Gasteiger partial charge < -0.3 is 23.4 Å². The highest BCUT2D eigenvalue weighted by Crippen LogP contribution is 2.44. The summed E-state index contributed by atoms with van der Waals surface area (Å²) in [5, 5.41) is 1.89. The van der Waals surface area contributed by atoms with E-state index in [9.17, 15) is 14.4 Å². The molecule has 1 saturated heterocycles. The van der Waals surface area contributed by atoms with E-state index in [0.717, 1.165) is 10.4 Å². The van der Waals surface area contributed by atoms with Crippen molar-refractivity contribution in [1.82, 2.24) is 0 Å². The van der Waals surface area contributed by atoms with Crippen LogP contribution in [0, 0.1) is 5.41 Å². The van der Waals surface area contributed by atoms with Crippen molar-refractivity contribution in [2.45, 2.75) is 72.0 Å². The third-order valence-corrected chi connectivity index (χ3v) is 12.0. The van der Waals surface area contributed by atoms with Crippen molar-refractivity contribution in [3.8, 4) is 0 Å². The smallest absolute Gasteiger partial charge is 0.305 e. The summed E-state index contributed by atoms with van der Waals surface area (Å²) in [6.45, 7) is 12.1. The van der Waals surface area contributed by atoms with Gasteiger partial charge in [0, 0.05) is 20.8 Å². The second-order valence-corrected chi connectivity index (χ2v) is 15.2. The summed E-state index contributed by atoms with van der Waals surface area (Å²) in [5.74, 6) is -1.65. The van der Waals surface area contributed by atoms with Gasteiger partial charge in [0.15, 0.2) is 6.10 Å². The lowest BCUT2D eigenvalue weighted by Gasteiger charge is -2.44. The van der Waals surface area contributed by atoms with E-state index in [1.807, 2.05) is 36.4 Å². The third-order valence-electron chi connectivity index (χ3n) is 6.96. The fourth-order valence-electron chi connectivity index (χ4n) is 5.13. The number of carbonyl (C=O) groups is 3. The average molecular weight is 543 g/mol. The summed E-state index contributed by atoms with van der Waals surface area (Å²) < 4.78 is 29.6. The molecule has 0 aromatic heterocycles. The molecular formula is C29H38O8Si. The van der Waals surface area contributed by atoms with E-state index in [1.165, 1.54) is 20.8 Å². The Balaban J connectivity index is 2.08. The molecule has 0 amide bonds. The molecule has 1 aliphatic rings. The van der Waals surface area contributed by atoms with Crippen LogP contribution in [0.2, 0.25) is 5.04 Å². The molecule has 8 nitrogen and oxygen atoms in total. The predicted octanol–water partition coefficient (Wildman–Crippen LogP) is 3.35. The summed E-state index contributed by atoms with van der Waals surface area (Å²) in [5.41, 5.74) is -1.05. The van der Waals surface area contributed by atoms with Crippen LogP contribution in [0.25, 0.3) is 0 Å². The molecule has 4 unspecified atom stereocenters. The minimum absolute atomic E-state index is 0.0839. The molecule has 0 bridgehead atoms. The van der Waals surface area contributed by atoms with Crippen LogP contribution in [0.5, 0.6) is 0 Å². The molecule has 4 atom stereocenters. The zero-order valence-corrected chi connectivity index (χ0v) is 24.2. The molecule has 1 heterocycles. The van der Waals surface area contributed by atoms with E-state index in [0.29, 0.717) is 0 Å². The topological polar surface area (TPSA) is 97.4 Å². The van der Waals surface area contributed by atoms with Gasteiger partial charge in [-0.25, -0.2) is 0 Å². The van der Waals surface area contributed by atoms with Gasteiger partial charge in [-0.05, 0) is 22.3 Å². The molecule has 1 fully saturated rings. The second kappa shape index (κ2) is 11.8. The fraction of sp³-hybridized carbons (Fsp3) is 0.483. The first-order chi connectivity index (χ1) is 17.8. The maximum absolute atomic E-state index is 12.0. The average Bonchev–Trinajstić information content (AvgIpc) is 3.08. The number of hydrogen-bond acceptors (Lipinski definition) is 8. The molecule has 0 spiro atoms. The highest BCUT2D eigenvalue weighted by Gasteiger charge is 2.59. The van der Waals surface area contributed by atoms with E-state index < -0.39 is 50.1 Å². The van der Waals surface area contributed by atoms with E-state index in [-0.39, 0.29) is 18.3 Å². The number of esters is 3. The number of benzene rings is 2. The van der Waals surface area contributed by atoms with Gasteiger partial charge in [0.25, 0.3) is 8.32 Å². The van der Waals surface area contributed by atoms with Crippen molar-refractivity contribution in [2.75, 3.05) is 13.2 Å². The first-order valence-electron chi connectivity index (χ1n) is 12.7. The van der Waals surface area contributed by atoms with Crippen molar-refractivity contribution in [1.29, 1.82) is 0 Å². The third kappa shape index (κ3) is 6.17. The lowest BCUT2D eigenvalue weighted by atomic mass is 9.81. The number of hydrogen-bond donors (Lipinski definition) is 0. The number of carbonyl (C=O) groups excluding carboxylic acids is 3. The lowest BCUT2D eigenvalue weighted by Crippen LogP contribution is -2.67. The van der Waals surface area contributed by atoms with Crippen LogP contribution in [0.15, 0.2) is 60.7 Å².